The second-order valence-corrected chi connectivity index (χ2v) is 10.3. The SMILES string of the molecule is CCN(CC)C1CN(c2nc(N3CCNCC3)c3ncn(-c4cccc5ccccc45)c(=O)c3n2)C1.O=C(O)C(F)(F)F. The number of nitrogens with one attached hydrogen (secondary N) is 1. The van der Waals surface area contributed by atoms with Crippen molar-refractivity contribution in [2.24, 2.45) is 0 Å². The molecule has 228 valence electrons. The van der Waals surface area contributed by atoms with Crippen molar-refractivity contribution in [2.45, 2.75) is 26.1 Å². The van der Waals surface area contributed by atoms with Crippen molar-refractivity contribution in [3.8, 4) is 5.69 Å². The molecule has 0 aliphatic carbocycles. The van der Waals surface area contributed by atoms with Crippen LogP contribution >= 0.6 is 0 Å². The second-order valence-electron chi connectivity index (χ2n) is 10.3. The highest BCUT2D eigenvalue weighted by molar-refractivity contribution is 5.91. The number of hydrogen-bond acceptors (Lipinski definition) is 9. The molecule has 11 nitrogen and oxygen atoms in total. The van der Waals surface area contributed by atoms with E-state index in [1.807, 2.05) is 30.3 Å². The molecule has 2 aromatic heterocycles. The van der Waals surface area contributed by atoms with E-state index in [-0.39, 0.29) is 5.56 Å². The van der Waals surface area contributed by atoms with Crippen molar-refractivity contribution < 1.29 is 23.1 Å². The number of carboxylic acid groups (broad SMARTS) is 1. The number of hydrogen-bond donors (Lipinski definition) is 2. The average Bonchev–Trinajstić information content (AvgIpc) is 2.99. The van der Waals surface area contributed by atoms with E-state index >= 15 is 0 Å². The lowest BCUT2D eigenvalue weighted by Gasteiger charge is -2.45. The van der Waals surface area contributed by atoms with Crippen molar-refractivity contribution in [3.05, 3.63) is 59.1 Å². The van der Waals surface area contributed by atoms with E-state index in [2.05, 4.69) is 46.0 Å². The summed E-state index contributed by atoms with van der Waals surface area (Å²) in [6, 6.07) is 14.6. The van der Waals surface area contributed by atoms with Crippen LogP contribution < -0.4 is 20.7 Å². The number of carboxylic acids is 1. The summed E-state index contributed by atoms with van der Waals surface area (Å²) in [6.07, 6.45) is -3.46. The summed E-state index contributed by atoms with van der Waals surface area (Å²) in [5.41, 5.74) is 1.58. The molecular formula is C29H33F3N8O3. The standard InChI is InChI=1S/C27H32N8O.C2HF3O2/c1-3-32(4-2)20-16-34(17-20)27-30-24-23(25(31-27)33-14-12-28-13-15-33)29-18-35(26(24)36)22-11-7-9-19-8-5-6-10-21(19)22;3-2(4,5)1(6)7/h5-11,18,20,28H,3-4,12-17H2,1-2H3;(H,6,7). The molecule has 2 fully saturated rings. The molecule has 0 spiro atoms. The van der Waals surface area contributed by atoms with Gasteiger partial charge in [-0.15, -0.1) is 0 Å². The number of rotatable bonds is 6. The zero-order valence-corrected chi connectivity index (χ0v) is 23.9. The first-order valence-electron chi connectivity index (χ1n) is 14.1. The fraction of sp³-hybridized carbons (Fsp3) is 0.414. The molecule has 0 radical (unpaired) electrons. The summed E-state index contributed by atoms with van der Waals surface area (Å²) in [6.45, 7) is 11.6. The van der Waals surface area contributed by atoms with E-state index in [1.54, 1.807) is 10.9 Å². The summed E-state index contributed by atoms with van der Waals surface area (Å²) in [5.74, 6) is -1.38. The maximum absolute atomic E-state index is 13.9. The Labute approximate surface area is 245 Å². The Balaban J connectivity index is 0.000000472. The fourth-order valence-electron chi connectivity index (χ4n) is 5.40. The van der Waals surface area contributed by atoms with Crippen LogP contribution in [0.15, 0.2) is 53.6 Å². The molecule has 6 rings (SSSR count). The van der Waals surface area contributed by atoms with Crippen LogP contribution in [0.2, 0.25) is 0 Å². The minimum absolute atomic E-state index is 0.169. The van der Waals surface area contributed by atoms with Crippen molar-refractivity contribution in [1.82, 2.24) is 29.7 Å². The average molecular weight is 599 g/mol. The number of aliphatic carboxylic acids is 1. The molecule has 2 saturated heterocycles. The third-order valence-corrected chi connectivity index (χ3v) is 7.74. The monoisotopic (exact) mass is 598 g/mol. The Hall–Kier alpha value is -4.30. The third-order valence-electron chi connectivity index (χ3n) is 7.74. The number of benzene rings is 2. The maximum Gasteiger partial charge on any atom is 0.490 e. The molecule has 4 aromatic rings. The van der Waals surface area contributed by atoms with E-state index in [0.29, 0.717) is 23.0 Å². The first-order chi connectivity index (χ1) is 20.6. The smallest absolute Gasteiger partial charge is 0.475 e. The Kier molecular flexibility index (Phi) is 8.78. The third kappa shape index (κ3) is 6.25. The van der Waals surface area contributed by atoms with Crippen LogP contribution in [-0.2, 0) is 4.79 Å². The molecule has 2 aromatic carbocycles. The largest absolute Gasteiger partial charge is 0.490 e. The number of fused-ring (bicyclic) bond motifs is 2. The fourth-order valence-corrected chi connectivity index (χ4v) is 5.40. The molecule has 4 heterocycles. The summed E-state index contributed by atoms with van der Waals surface area (Å²) in [4.78, 5) is 44.2. The molecule has 14 heteroatoms. The first kappa shape index (κ1) is 30.2. The highest BCUT2D eigenvalue weighted by atomic mass is 19.4. The molecule has 0 atom stereocenters. The van der Waals surface area contributed by atoms with Crippen molar-refractivity contribution in [3.63, 3.8) is 0 Å². The molecule has 43 heavy (non-hydrogen) atoms. The molecule has 0 unspecified atom stereocenters. The van der Waals surface area contributed by atoms with Crippen LogP contribution in [0.5, 0.6) is 0 Å². The van der Waals surface area contributed by atoms with Crippen molar-refractivity contribution in [1.29, 1.82) is 0 Å². The number of carbonyl (C=O) groups is 1. The number of nitrogens with zero attached hydrogens (tertiary/aromatic N) is 7. The molecule has 0 bridgehead atoms. The van der Waals surface area contributed by atoms with E-state index in [4.69, 9.17) is 24.9 Å². The van der Waals surface area contributed by atoms with Crippen LogP contribution in [0.4, 0.5) is 24.9 Å². The summed E-state index contributed by atoms with van der Waals surface area (Å²) in [7, 11) is 0. The van der Waals surface area contributed by atoms with Gasteiger partial charge in [0.25, 0.3) is 5.56 Å². The minimum atomic E-state index is -5.08. The Morgan fingerprint density at radius 1 is 1.00 bits per heavy atom. The highest BCUT2D eigenvalue weighted by Gasteiger charge is 2.38. The van der Waals surface area contributed by atoms with E-state index in [9.17, 15) is 18.0 Å². The van der Waals surface area contributed by atoms with Crippen LogP contribution in [0.1, 0.15) is 13.8 Å². The van der Waals surface area contributed by atoms with Gasteiger partial charge in [-0.05, 0) is 24.5 Å². The molecule has 2 aliphatic heterocycles. The summed E-state index contributed by atoms with van der Waals surface area (Å²) in [5, 5.41) is 12.6. The van der Waals surface area contributed by atoms with Crippen LogP contribution in [0.25, 0.3) is 27.5 Å². The lowest BCUT2D eigenvalue weighted by Crippen LogP contribution is -2.60. The quantitative estimate of drug-likeness (QED) is 0.343. The maximum atomic E-state index is 13.9. The van der Waals surface area contributed by atoms with E-state index in [1.165, 1.54) is 0 Å². The van der Waals surface area contributed by atoms with E-state index in [0.717, 1.165) is 74.6 Å². The molecule has 0 amide bonds. The second kappa shape index (κ2) is 12.5. The number of halogens is 3. The van der Waals surface area contributed by atoms with Gasteiger partial charge in [0.2, 0.25) is 5.95 Å². The lowest BCUT2D eigenvalue weighted by molar-refractivity contribution is -0.192. The normalized spacial score (nSPS) is 15.9. The van der Waals surface area contributed by atoms with Crippen LogP contribution in [-0.4, -0.2) is 100 Å². The van der Waals surface area contributed by atoms with Gasteiger partial charge in [0.1, 0.15) is 11.8 Å². The van der Waals surface area contributed by atoms with Crippen LogP contribution in [0, 0.1) is 0 Å². The Bertz CT molecular complexity index is 1660. The molecular weight excluding hydrogens is 565 g/mol. The van der Waals surface area contributed by atoms with Crippen molar-refractivity contribution >= 4 is 39.5 Å². The Morgan fingerprint density at radius 3 is 2.30 bits per heavy atom. The first-order valence-corrected chi connectivity index (χ1v) is 14.1. The van der Waals surface area contributed by atoms with Gasteiger partial charge in [-0.3, -0.25) is 14.3 Å². The van der Waals surface area contributed by atoms with Gasteiger partial charge >= 0.3 is 12.1 Å². The lowest BCUT2D eigenvalue weighted by atomic mass is 10.1. The van der Waals surface area contributed by atoms with Gasteiger partial charge in [0.15, 0.2) is 11.3 Å². The topological polar surface area (TPSA) is 120 Å². The zero-order chi connectivity index (χ0) is 30.7. The zero-order valence-electron chi connectivity index (χ0n) is 23.9. The van der Waals surface area contributed by atoms with Crippen LogP contribution in [0.3, 0.4) is 0 Å². The van der Waals surface area contributed by atoms with E-state index < -0.39 is 12.1 Å². The summed E-state index contributed by atoms with van der Waals surface area (Å²) >= 11 is 0. The van der Waals surface area contributed by atoms with Crippen molar-refractivity contribution in [2.75, 3.05) is 62.2 Å². The van der Waals surface area contributed by atoms with Gasteiger partial charge in [0.05, 0.1) is 5.69 Å². The van der Waals surface area contributed by atoms with Gasteiger partial charge in [-0.1, -0.05) is 50.2 Å². The molecule has 2 N–H and O–H groups in total. The summed E-state index contributed by atoms with van der Waals surface area (Å²) < 4.78 is 33.4. The van der Waals surface area contributed by atoms with Gasteiger partial charge in [0, 0.05) is 50.7 Å². The number of anilines is 2. The molecule has 0 saturated carbocycles. The van der Waals surface area contributed by atoms with Gasteiger partial charge < -0.3 is 20.2 Å². The predicted octanol–water partition coefficient (Wildman–Crippen LogP) is 2.90. The number of piperazine rings is 1. The molecule has 2 aliphatic rings. The number of alkyl halides is 3. The predicted molar refractivity (Wildman–Crippen MR) is 158 cm³/mol. The van der Waals surface area contributed by atoms with Gasteiger partial charge in [-0.2, -0.15) is 18.2 Å². The number of likely N-dealkylation sites (N-methyl/N-ethyl adjacent to an activating group) is 1. The highest BCUT2D eigenvalue weighted by Crippen LogP contribution is 2.28. The minimum Gasteiger partial charge on any atom is -0.475 e. The Morgan fingerprint density at radius 2 is 1.65 bits per heavy atom. The number of aromatic nitrogens is 4. The van der Waals surface area contributed by atoms with Gasteiger partial charge in [-0.25, -0.2) is 14.8 Å².